The number of phenols is 2. The maximum absolute atomic E-state index is 10.2. The van der Waals surface area contributed by atoms with Crippen molar-refractivity contribution in [1.82, 2.24) is 0 Å². The molecule has 1 aromatic rings. The average Bonchev–Trinajstić information content (AvgIpc) is 2.22. The number of ether oxygens (including phenoxy) is 1. The maximum Gasteiger partial charge on any atom is 0.293 e. The van der Waals surface area contributed by atoms with Crippen LogP contribution in [0.2, 0.25) is 0 Å². The molecular weight excluding hydrogens is 208 g/mol. The standard InChI is InChI=1S/C12H16O4/c1-7(9(3)16-6-13)11-4-10(14)5-12(15)8(11)2/h4-7,9,14-15H,1-3H3/t7-,9-/m1/s1. The van der Waals surface area contributed by atoms with Crippen molar-refractivity contribution in [3.05, 3.63) is 23.3 Å². The molecule has 0 unspecified atom stereocenters. The van der Waals surface area contributed by atoms with E-state index in [9.17, 15) is 15.0 Å². The van der Waals surface area contributed by atoms with Gasteiger partial charge >= 0.3 is 0 Å². The summed E-state index contributed by atoms with van der Waals surface area (Å²) in [6, 6.07) is 2.86. The highest BCUT2D eigenvalue weighted by atomic mass is 16.5. The molecule has 0 saturated carbocycles. The van der Waals surface area contributed by atoms with Crippen LogP contribution in [0.1, 0.15) is 30.9 Å². The minimum atomic E-state index is -0.308. The predicted molar refractivity (Wildman–Crippen MR) is 59.5 cm³/mol. The van der Waals surface area contributed by atoms with Gasteiger partial charge in [0.2, 0.25) is 0 Å². The lowest BCUT2D eigenvalue weighted by molar-refractivity contribution is -0.133. The van der Waals surface area contributed by atoms with E-state index in [-0.39, 0.29) is 23.5 Å². The minimum Gasteiger partial charge on any atom is -0.508 e. The van der Waals surface area contributed by atoms with E-state index in [0.717, 1.165) is 5.56 Å². The summed E-state index contributed by atoms with van der Waals surface area (Å²) in [5, 5.41) is 19.0. The van der Waals surface area contributed by atoms with E-state index in [2.05, 4.69) is 0 Å². The highest BCUT2D eigenvalue weighted by Gasteiger charge is 2.19. The SMILES string of the molecule is Cc1c(O)cc(O)cc1[C@H](C)[C@@H](C)OC=O. The van der Waals surface area contributed by atoms with Gasteiger partial charge < -0.3 is 14.9 Å². The fourth-order valence-corrected chi connectivity index (χ4v) is 1.64. The third kappa shape index (κ3) is 2.45. The molecule has 0 aliphatic carbocycles. The van der Waals surface area contributed by atoms with Crippen molar-refractivity contribution >= 4 is 6.47 Å². The first kappa shape index (κ1) is 12.4. The normalized spacial score (nSPS) is 14.2. The van der Waals surface area contributed by atoms with Gasteiger partial charge in [-0.15, -0.1) is 0 Å². The molecule has 4 heteroatoms. The van der Waals surface area contributed by atoms with Gasteiger partial charge in [0.25, 0.3) is 6.47 Å². The molecule has 0 fully saturated rings. The van der Waals surface area contributed by atoms with Gasteiger partial charge in [-0.2, -0.15) is 0 Å². The highest BCUT2D eigenvalue weighted by molar-refractivity contribution is 5.46. The Kier molecular flexibility index (Phi) is 3.77. The Labute approximate surface area is 94.5 Å². The van der Waals surface area contributed by atoms with Crippen LogP contribution in [-0.2, 0) is 9.53 Å². The van der Waals surface area contributed by atoms with Crippen molar-refractivity contribution in [3.8, 4) is 11.5 Å². The molecule has 88 valence electrons. The molecule has 0 bridgehead atoms. The molecule has 0 aliphatic heterocycles. The van der Waals surface area contributed by atoms with Crippen molar-refractivity contribution in [2.45, 2.75) is 32.8 Å². The molecule has 0 radical (unpaired) electrons. The smallest absolute Gasteiger partial charge is 0.293 e. The maximum atomic E-state index is 10.2. The fraction of sp³-hybridized carbons (Fsp3) is 0.417. The van der Waals surface area contributed by atoms with Gasteiger partial charge in [0, 0.05) is 12.0 Å². The monoisotopic (exact) mass is 224 g/mol. The third-order valence-electron chi connectivity index (χ3n) is 2.87. The van der Waals surface area contributed by atoms with Gasteiger partial charge in [0.1, 0.15) is 17.6 Å². The van der Waals surface area contributed by atoms with Crippen molar-refractivity contribution in [1.29, 1.82) is 0 Å². The van der Waals surface area contributed by atoms with Gasteiger partial charge in [-0.25, -0.2) is 0 Å². The Bertz CT molecular complexity index is 387. The number of carbonyl (C=O) groups excluding carboxylic acids is 1. The molecule has 0 spiro atoms. The van der Waals surface area contributed by atoms with Crippen LogP contribution in [0.15, 0.2) is 12.1 Å². The molecule has 2 N–H and O–H groups in total. The molecule has 0 aromatic heterocycles. The highest BCUT2D eigenvalue weighted by Crippen LogP contribution is 2.33. The average molecular weight is 224 g/mol. The first-order valence-electron chi connectivity index (χ1n) is 5.09. The molecular formula is C12H16O4. The topological polar surface area (TPSA) is 66.8 Å². The Morgan fingerprint density at radius 2 is 1.94 bits per heavy atom. The summed E-state index contributed by atoms with van der Waals surface area (Å²) in [5.74, 6) is -0.0494. The van der Waals surface area contributed by atoms with Gasteiger partial charge in [-0.3, -0.25) is 4.79 Å². The quantitative estimate of drug-likeness (QED) is 0.768. The van der Waals surface area contributed by atoms with E-state index in [1.807, 2.05) is 6.92 Å². The van der Waals surface area contributed by atoms with Crippen molar-refractivity contribution in [2.24, 2.45) is 0 Å². The zero-order chi connectivity index (χ0) is 12.3. The Balaban J connectivity index is 3.07. The zero-order valence-electron chi connectivity index (χ0n) is 9.60. The van der Waals surface area contributed by atoms with Crippen LogP contribution < -0.4 is 0 Å². The fourth-order valence-electron chi connectivity index (χ4n) is 1.64. The van der Waals surface area contributed by atoms with Crippen molar-refractivity contribution in [3.63, 3.8) is 0 Å². The Morgan fingerprint density at radius 3 is 2.50 bits per heavy atom. The first-order chi connectivity index (χ1) is 7.47. The summed E-state index contributed by atoms with van der Waals surface area (Å²) in [7, 11) is 0. The van der Waals surface area contributed by atoms with Crippen LogP contribution in [0, 0.1) is 6.92 Å². The molecule has 0 aliphatic rings. The summed E-state index contributed by atoms with van der Waals surface area (Å²) >= 11 is 0. The molecule has 2 atom stereocenters. The van der Waals surface area contributed by atoms with Gasteiger partial charge in [-0.1, -0.05) is 6.92 Å². The zero-order valence-corrected chi connectivity index (χ0v) is 9.60. The summed E-state index contributed by atoms with van der Waals surface area (Å²) in [4.78, 5) is 10.2. The van der Waals surface area contributed by atoms with Crippen LogP contribution in [0.4, 0.5) is 0 Å². The van der Waals surface area contributed by atoms with Crippen LogP contribution in [0.5, 0.6) is 11.5 Å². The number of aromatic hydroxyl groups is 2. The number of hydrogen-bond donors (Lipinski definition) is 2. The number of benzene rings is 1. The van der Waals surface area contributed by atoms with Crippen LogP contribution in [0.25, 0.3) is 0 Å². The molecule has 16 heavy (non-hydrogen) atoms. The second-order valence-corrected chi connectivity index (χ2v) is 3.91. The lowest BCUT2D eigenvalue weighted by Gasteiger charge is -2.21. The lowest BCUT2D eigenvalue weighted by atomic mass is 9.91. The third-order valence-corrected chi connectivity index (χ3v) is 2.87. The Hall–Kier alpha value is -1.71. The van der Waals surface area contributed by atoms with E-state index in [0.29, 0.717) is 12.0 Å². The molecule has 4 nitrogen and oxygen atoms in total. The Morgan fingerprint density at radius 1 is 1.31 bits per heavy atom. The summed E-state index contributed by atoms with van der Waals surface area (Å²) in [5.41, 5.74) is 1.46. The summed E-state index contributed by atoms with van der Waals surface area (Å²) in [6.07, 6.45) is -0.308. The van der Waals surface area contributed by atoms with E-state index in [4.69, 9.17) is 4.74 Å². The van der Waals surface area contributed by atoms with E-state index in [1.165, 1.54) is 6.07 Å². The largest absolute Gasteiger partial charge is 0.508 e. The molecule has 0 saturated heterocycles. The van der Waals surface area contributed by atoms with Crippen molar-refractivity contribution < 1.29 is 19.7 Å². The summed E-state index contributed by atoms with van der Waals surface area (Å²) < 4.78 is 4.85. The van der Waals surface area contributed by atoms with Gasteiger partial charge in [0.15, 0.2) is 0 Å². The molecule has 1 aromatic carbocycles. The van der Waals surface area contributed by atoms with E-state index >= 15 is 0 Å². The first-order valence-corrected chi connectivity index (χ1v) is 5.09. The van der Waals surface area contributed by atoms with Crippen LogP contribution in [0.3, 0.4) is 0 Å². The number of hydrogen-bond acceptors (Lipinski definition) is 4. The van der Waals surface area contributed by atoms with Crippen molar-refractivity contribution in [2.75, 3.05) is 0 Å². The molecule has 0 heterocycles. The van der Waals surface area contributed by atoms with Crippen LogP contribution in [-0.4, -0.2) is 22.8 Å². The van der Waals surface area contributed by atoms with Gasteiger partial charge in [0.05, 0.1) is 0 Å². The lowest BCUT2D eigenvalue weighted by Crippen LogP contribution is -2.16. The summed E-state index contributed by atoms with van der Waals surface area (Å²) in [6.45, 7) is 5.79. The van der Waals surface area contributed by atoms with Gasteiger partial charge in [-0.05, 0) is 31.0 Å². The number of carbonyl (C=O) groups is 1. The minimum absolute atomic E-state index is 0.00301. The van der Waals surface area contributed by atoms with E-state index < -0.39 is 0 Å². The van der Waals surface area contributed by atoms with E-state index in [1.54, 1.807) is 19.9 Å². The molecule has 0 amide bonds. The second-order valence-electron chi connectivity index (χ2n) is 3.91. The number of phenolic OH excluding ortho intramolecular Hbond substituents is 2. The number of rotatable bonds is 4. The molecule has 1 rings (SSSR count). The predicted octanol–water partition coefficient (Wildman–Crippen LogP) is 2.07. The second kappa shape index (κ2) is 4.88. The van der Waals surface area contributed by atoms with Crippen LogP contribution >= 0.6 is 0 Å².